The van der Waals surface area contributed by atoms with E-state index in [1.54, 1.807) is 0 Å². The Labute approximate surface area is 92.2 Å². The number of hydrogen-bond donors (Lipinski definition) is 2. The van der Waals surface area contributed by atoms with Gasteiger partial charge in [0.2, 0.25) is 0 Å². The molecule has 0 aliphatic heterocycles. The van der Waals surface area contributed by atoms with Crippen molar-refractivity contribution < 1.29 is 0 Å². The molecule has 1 aromatic rings. The van der Waals surface area contributed by atoms with Crippen molar-refractivity contribution in [1.82, 2.24) is 5.32 Å². The summed E-state index contributed by atoms with van der Waals surface area (Å²) in [6, 6.07) is 6.76. The monoisotopic (exact) mass is 204 g/mol. The highest BCUT2D eigenvalue weighted by Gasteiger charge is 2.08. The van der Waals surface area contributed by atoms with Crippen LogP contribution in [0.3, 0.4) is 0 Å². The number of nitrogens with one attached hydrogen (secondary N) is 1. The summed E-state index contributed by atoms with van der Waals surface area (Å²) in [6.07, 6.45) is 1.85. The summed E-state index contributed by atoms with van der Waals surface area (Å²) >= 11 is 0. The van der Waals surface area contributed by atoms with Gasteiger partial charge in [-0.25, -0.2) is 0 Å². The standard InChI is InChI=1S/C13H20N2/c1-4-5-15-13(9-14)12-7-10(2)6-11(3)8-12/h4,6-8,13,15H,1,5,9,14H2,2-3H3. The highest BCUT2D eigenvalue weighted by Crippen LogP contribution is 2.15. The molecule has 0 saturated heterocycles. The third kappa shape index (κ3) is 3.50. The van der Waals surface area contributed by atoms with Crippen molar-refractivity contribution in [2.45, 2.75) is 19.9 Å². The van der Waals surface area contributed by atoms with Gasteiger partial charge in [0.1, 0.15) is 0 Å². The fraction of sp³-hybridized carbons (Fsp3) is 0.385. The molecular formula is C13H20N2. The van der Waals surface area contributed by atoms with Gasteiger partial charge >= 0.3 is 0 Å². The average Bonchev–Trinajstić information content (AvgIpc) is 2.17. The van der Waals surface area contributed by atoms with Crippen LogP contribution in [0.25, 0.3) is 0 Å². The van der Waals surface area contributed by atoms with E-state index in [2.05, 4.69) is 43.9 Å². The molecule has 0 amide bonds. The van der Waals surface area contributed by atoms with Crippen LogP contribution in [0, 0.1) is 13.8 Å². The predicted molar refractivity (Wildman–Crippen MR) is 65.9 cm³/mol. The predicted octanol–water partition coefficient (Wildman–Crippen LogP) is 2.08. The largest absolute Gasteiger partial charge is 0.329 e. The van der Waals surface area contributed by atoms with Gasteiger partial charge in [0.25, 0.3) is 0 Å². The molecule has 1 unspecified atom stereocenters. The molecule has 2 heteroatoms. The number of benzene rings is 1. The molecule has 0 aromatic heterocycles. The molecule has 0 fully saturated rings. The second kappa shape index (κ2) is 5.69. The van der Waals surface area contributed by atoms with Gasteiger partial charge in [0, 0.05) is 19.1 Å². The SMILES string of the molecule is C=CCNC(CN)c1cc(C)cc(C)c1. The van der Waals surface area contributed by atoms with Crippen LogP contribution < -0.4 is 11.1 Å². The van der Waals surface area contributed by atoms with E-state index in [1.165, 1.54) is 16.7 Å². The van der Waals surface area contributed by atoms with Gasteiger partial charge in [-0.3, -0.25) is 0 Å². The maximum atomic E-state index is 5.75. The zero-order valence-corrected chi connectivity index (χ0v) is 9.59. The third-order valence-corrected chi connectivity index (χ3v) is 2.39. The molecule has 1 atom stereocenters. The molecule has 0 saturated carbocycles. The normalized spacial score (nSPS) is 12.5. The number of nitrogens with two attached hydrogens (primary N) is 1. The van der Waals surface area contributed by atoms with E-state index in [-0.39, 0.29) is 6.04 Å². The summed E-state index contributed by atoms with van der Waals surface area (Å²) in [5, 5.41) is 3.35. The smallest absolute Gasteiger partial charge is 0.0447 e. The van der Waals surface area contributed by atoms with E-state index in [4.69, 9.17) is 5.73 Å². The molecule has 15 heavy (non-hydrogen) atoms. The van der Waals surface area contributed by atoms with Gasteiger partial charge < -0.3 is 11.1 Å². The van der Waals surface area contributed by atoms with Crippen molar-refractivity contribution >= 4 is 0 Å². The summed E-state index contributed by atoms with van der Waals surface area (Å²) in [4.78, 5) is 0. The molecule has 0 spiro atoms. The molecule has 0 aliphatic carbocycles. The van der Waals surface area contributed by atoms with Crippen LogP contribution in [0.2, 0.25) is 0 Å². The first-order chi connectivity index (χ1) is 7.17. The van der Waals surface area contributed by atoms with E-state index < -0.39 is 0 Å². The van der Waals surface area contributed by atoms with Gasteiger partial charge in [0.15, 0.2) is 0 Å². The highest BCUT2D eigenvalue weighted by atomic mass is 14.9. The van der Waals surface area contributed by atoms with Crippen molar-refractivity contribution in [3.05, 3.63) is 47.5 Å². The molecule has 0 heterocycles. The van der Waals surface area contributed by atoms with E-state index in [0.29, 0.717) is 6.54 Å². The number of hydrogen-bond acceptors (Lipinski definition) is 2. The van der Waals surface area contributed by atoms with E-state index in [1.807, 2.05) is 6.08 Å². The van der Waals surface area contributed by atoms with Crippen LogP contribution >= 0.6 is 0 Å². The Morgan fingerprint density at radius 3 is 2.40 bits per heavy atom. The number of rotatable bonds is 5. The quantitative estimate of drug-likeness (QED) is 0.721. The van der Waals surface area contributed by atoms with E-state index in [9.17, 15) is 0 Å². The summed E-state index contributed by atoms with van der Waals surface area (Å²) < 4.78 is 0. The van der Waals surface area contributed by atoms with Crippen molar-refractivity contribution in [3.8, 4) is 0 Å². The molecule has 82 valence electrons. The van der Waals surface area contributed by atoms with E-state index in [0.717, 1.165) is 6.54 Å². The summed E-state index contributed by atoms with van der Waals surface area (Å²) in [7, 11) is 0. The summed E-state index contributed by atoms with van der Waals surface area (Å²) in [5.74, 6) is 0. The third-order valence-electron chi connectivity index (χ3n) is 2.39. The highest BCUT2D eigenvalue weighted by molar-refractivity contribution is 5.30. The van der Waals surface area contributed by atoms with Crippen LogP contribution in [0.4, 0.5) is 0 Å². The van der Waals surface area contributed by atoms with Crippen LogP contribution in [0.15, 0.2) is 30.9 Å². The van der Waals surface area contributed by atoms with Crippen molar-refractivity contribution in [1.29, 1.82) is 0 Å². The molecule has 0 bridgehead atoms. The number of aryl methyl sites for hydroxylation is 2. The van der Waals surface area contributed by atoms with Crippen molar-refractivity contribution in [2.75, 3.05) is 13.1 Å². The molecule has 1 rings (SSSR count). The fourth-order valence-corrected chi connectivity index (χ4v) is 1.77. The second-order valence-electron chi connectivity index (χ2n) is 3.91. The zero-order valence-electron chi connectivity index (χ0n) is 9.59. The molecule has 0 radical (unpaired) electrons. The second-order valence-corrected chi connectivity index (χ2v) is 3.91. The first-order valence-corrected chi connectivity index (χ1v) is 5.30. The lowest BCUT2D eigenvalue weighted by atomic mass is 10.0. The van der Waals surface area contributed by atoms with Crippen LogP contribution in [0.1, 0.15) is 22.7 Å². The van der Waals surface area contributed by atoms with Crippen LogP contribution in [-0.4, -0.2) is 13.1 Å². The van der Waals surface area contributed by atoms with Gasteiger partial charge in [-0.1, -0.05) is 35.4 Å². The van der Waals surface area contributed by atoms with Gasteiger partial charge in [0.05, 0.1) is 0 Å². The maximum absolute atomic E-state index is 5.75. The Bertz CT molecular complexity index is 311. The lowest BCUT2D eigenvalue weighted by Crippen LogP contribution is -2.28. The minimum Gasteiger partial charge on any atom is -0.329 e. The topological polar surface area (TPSA) is 38.0 Å². The zero-order chi connectivity index (χ0) is 11.3. The van der Waals surface area contributed by atoms with Crippen LogP contribution in [-0.2, 0) is 0 Å². The Balaban J connectivity index is 2.85. The Morgan fingerprint density at radius 2 is 1.93 bits per heavy atom. The van der Waals surface area contributed by atoms with Crippen LogP contribution in [0.5, 0.6) is 0 Å². The molecule has 0 aliphatic rings. The molecule has 2 nitrogen and oxygen atoms in total. The lowest BCUT2D eigenvalue weighted by molar-refractivity contribution is 0.577. The molecule has 1 aromatic carbocycles. The lowest BCUT2D eigenvalue weighted by Gasteiger charge is -2.17. The molecule has 3 N–H and O–H groups in total. The summed E-state index contributed by atoms with van der Waals surface area (Å²) in [6.45, 7) is 9.30. The minimum absolute atomic E-state index is 0.224. The summed E-state index contributed by atoms with van der Waals surface area (Å²) in [5.41, 5.74) is 9.57. The fourth-order valence-electron chi connectivity index (χ4n) is 1.77. The van der Waals surface area contributed by atoms with E-state index >= 15 is 0 Å². The van der Waals surface area contributed by atoms with Gasteiger partial charge in [-0.05, 0) is 19.4 Å². The Hall–Kier alpha value is -1.12. The first kappa shape index (κ1) is 12.0. The van der Waals surface area contributed by atoms with Crippen molar-refractivity contribution in [3.63, 3.8) is 0 Å². The minimum atomic E-state index is 0.224. The van der Waals surface area contributed by atoms with Crippen molar-refractivity contribution in [2.24, 2.45) is 5.73 Å². The maximum Gasteiger partial charge on any atom is 0.0447 e. The first-order valence-electron chi connectivity index (χ1n) is 5.30. The van der Waals surface area contributed by atoms with Gasteiger partial charge in [-0.2, -0.15) is 0 Å². The Morgan fingerprint density at radius 1 is 1.33 bits per heavy atom. The van der Waals surface area contributed by atoms with Gasteiger partial charge in [-0.15, -0.1) is 6.58 Å². The Kier molecular flexibility index (Phi) is 4.53. The average molecular weight is 204 g/mol. The molecular weight excluding hydrogens is 184 g/mol.